The van der Waals surface area contributed by atoms with Gasteiger partial charge in [0, 0.05) is 11.8 Å². The van der Waals surface area contributed by atoms with Crippen molar-refractivity contribution in [1.82, 2.24) is 4.31 Å². The summed E-state index contributed by atoms with van der Waals surface area (Å²) in [6, 6.07) is -0.364. The summed E-state index contributed by atoms with van der Waals surface area (Å²) < 4.78 is 38.1. The van der Waals surface area contributed by atoms with E-state index in [9.17, 15) is 23.1 Å². The maximum absolute atomic E-state index is 13.2. The number of esters is 1. The maximum atomic E-state index is 13.2. The zero-order chi connectivity index (χ0) is 20.8. The van der Waals surface area contributed by atoms with Gasteiger partial charge in [-0.2, -0.15) is 0 Å². The molecule has 0 aromatic carbocycles. The first-order valence-electron chi connectivity index (χ1n) is 10.7. The van der Waals surface area contributed by atoms with Gasteiger partial charge in [-0.3, -0.25) is 9.59 Å². The summed E-state index contributed by atoms with van der Waals surface area (Å²) in [5.74, 6) is -0.631. The van der Waals surface area contributed by atoms with Crippen molar-refractivity contribution in [2.75, 3.05) is 5.75 Å². The summed E-state index contributed by atoms with van der Waals surface area (Å²) in [4.78, 5) is 24.5. The second kappa shape index (κ2) is 6.17. The Bertz CT molecular complexity index is 855. The number of hydrogen-bond donors (Lipinski definition) is 1. The largest absolute Gasteiger partial charge is 0.460 e. The van der Waals surface area contributed by atoms with Crippen molar-refractivity contribution in [3.8, 4) is 0 Å². The van der Waals surface area contributed by atoms with E-state index in [-0.39, 0.29) is 35.4 Å². The van der Waals surface area contributed by atoms with Gasteiger partial charge < -0.3 is 14.6 Å². The molecule has 0 radical (unpaired) electrons. The molecule has 5 aliphatic rings. The van der Waals surface area contributed by atoms with E-state index in [1.165, 1.54) is 0 Å². The lowest BCUT2D eigenvalue weighted by Crippen LogP contribution is -2.50. The van der Waals surface area contributed by atoms with Crippen molar-refractivity contribution in [3.05, 3.63) is 0 Å². The van der Waals surface area contributed by atoms with E-state index in [0.717, 1.165) is 17.1 Å². The molecule has 1 amide bonds. The average molecular weight is 428 g/mol. The smallest absolute Gasteiger partial charge is 0.306 e. The van der Waals surface area contributed by atoms with Gasteiger partial charge in [-0.05, 0) is 49.9 Å². The Balaban J connectivity index is 1.34. The summed E-state index contributed by atoms with van der Waals surface area (Å²) in [6.45, 7) is 4.25. The summed E-state index contributed by atoms with van der Waals surface area (Å²) in [6.07, 6.45) is 1.42. The number of sulfonamides is 1. The Morgan fingerprint density at radius 1 is 1.21 bits per heavy atom. The third-order valence-electron chi connectivity index (χ3n) is 8.65. The third-order valence-corrected chi connectivity index (χ3v) is 10.6. The molecule has 29 heavy (non-hydrogen) atoms. The average Bonchev–Trinajstić information content (AvgIpc) is 3.40. The molecule has 2 saturated carbocycles. The molecule has 3 saturated heterocycles. The summed E-state index contributed by atoms with van der Waals surface area (Å²) in [7, 11) is -3.77. The van der Waals surface area contributed by atoms with Crippen LogP contribution in [0.1, 0.15) is 58.8 Å². The molecule has 5 rings (SSSR count). The molecule has 0 aromatic rings. The number of cyclic esters (lactones) is 1. The van der Waals surface area contributed by atoms with E-state index in [1.807, 2.05) is 0 Å². The number of carbonyl (C=O) groups is 2. The fourth-order valence-electron chi connectivity index (χ4n) is 6.87. The van der Waals surface area contributed by atoms with E-state index in [2.05, 4.69) is 13.8 Å². The Kier molecular flexibility index (Phi) is 4.20. The molecular formula is C20H29NO7S. The molecule has 0 unspecified atom stereocenters. The molecule has 0 aromatic heterocycles. The molecule has 162 valence electrons. The molecule has 1 spiro atoms. The zero-order valence-corrected chi connectivity index (χ0v) is 17.7. The number of carbonyl (C=O) groups excluding carboxylic acids is 2. The number of ether oxygens (including phenoxy) is 2. The molecule has 3 aliphatic heterocycles. The van der Waals surface area contributed by atoms with Gasteiger partial charge in [0.1, 0.15) is 6.10 Å². The van der Waals surface area contributed by atoms with Gasteiger partial charge in [0.05, 0.1) is 24.0 Å². The van der Waals surface area contributed by atoms with Crippen LogP contribution in [0.25, 0.3) is 0 Å². The minimum absolute atomic E-state index is 0.0151. The minimum atomic E-state index is -3.77. The van der Waals surface area contributed by atoms with Crippen molar-refractivity contribution < 1.29 is 32.6 Å². The van der Waals surface area contributed by atoms with Gasteiger partial charge in [-0.15, -0.1) is 0 Å². The number of aliphatic hydroxyl groups is 1. The van der Waals surface area contributed by atoms with Crippen LogP contribution in [0.5, 0.6) is 0 Å². The van der Waals surface area contributed by atoms with Crippen LogP contribution in [-0.2, 0) is 29.1 Å². The van der Waals surface area contributed by atoms with E-state index < -0.39 is 33.6 Å². The second-order valence-corrected chi connectivity index (χ2v) is 11.9. The minimum Gasteiger partial charge on any atom is -0.460 e. The van der Waals surface area contributed by atoms with Crippen LogP contribution in [0.3, 0.4) is 0 Å². The predicted molar refractivity (Wildman–Crippen MR) is 101 cm³/mol. The number of aliphatic hydroxyl groups excluding tert-OH is 1. The Morgan fingerprint density at radius 3 is 2.62 bits per heavy atom. The van der Waals surface area contributed by atoms with Crippen LogP contribution < -0.4 is 0 Å². The Hall–Kier alpha value is -1.19. The summed E-state index contributed by atoms with van der Waals surface area (Å²) in [5, 5.41) is 10.8. The van der Waals surface area contributed by atoms with Crippen LogP contribution in [0.4, 0.5) is 0 Å². The highest BCUT2D eigenvalue weighted by atomic mass is 32.2. The first-order chi connectivity index (χ1) is 13.6. The fourth-order valence-corrected chi connectivity index (χ4v) is 9.43. The number of amides is 1. The lowest BCUT2D eigenvalue weighted by atomic mass is 9.69. The van der Waals surface area contributed by atoms with Crippen molar-refractivity contribution in [1.29, 1.82) is 0 Å². The van der Waals surface area contributed by atoms with Crippen molar-refractivity contribution in [3.63, 3.8) is 0 Å². The summed E-state index contributed by atoms with van der Waals surface area (Å²) in [5.41, 5.74) is -0.547. The van der Waals surface area contributed by atoms with Crippen LogP contribution in [0.2, 0.25) is 0 Å². The van der Waals surface area contributed by atoms with Crippen LogP contribution in [0.15, 0.2) is 0 Å². The first-order valence-corrected chi connectivity index (χ1v) is 12.3. The van der Waals surface area contributed by atoms with E-state index in [0.29, 0.717) is 38.0 Å². The number of rotatable bonds is 3. The Morgan fingerprint density at radius 2 is 1.97 bits per heavy atom. The van der Waals surface area contributed by atoms with Crippen molar-refractivity contribution in [2.24, 2.45) is 16.7 Å². The quantitative estimate of drug-likeness (QED) is 0.668. The molecule has 1 N–H and O–H groups in total. The standard InChI is InChI=1S/C20H29NO7S/c1-19(2)11-7-8-20(19)10-29(25,26)21(15(20)9-11)18(24)17(23)14-4-3-12(27-14)13-5-6-16(22)28-13/h11-15,17,23H,3-10H2,1-2H3/t11-,12+,13+,14-,15+,17+,20-/m0/s1. The van der Waals surface area contributed by atoms with E-state index in [1.54, 1.807) is 0 Å². The monoisotopic (exact) mass is 427 g/mol. The maximum Gasteiger partial charge on any atom is 0.306 e. The van der Waals surface area contributed by atoms with E-state index >= 15 is 0 Å². The van der Waals surface area contributed by atoms with Crippen LogP contribution in [0, 0.1) is 16.7 Å². The topological polar surface area (TPSA) is 110 Å². The molecule has 2 bridgehead atoms. The molecule has 9 heteroatoms. The highest BCUT2D eigenvalue weighted by Gasteiger charge is 2.72. The molecule has 5 fully saturated rings. The zero-order valence-electron chi connectivity index (χ0n) is 16.9. The highest BCUT2D eigenvalue weighted by Crippen LogP contribution is 2.70. The number of nitrogens with zero attached hydrogens (tertiary/aromatic N) is 1. The van der Waals surface area contributed by atoms with Crippen molar-refractivity contribution >= 4 is 21.9 Å². The van der Waals surface area contributed by atoms with E-state index in [4.69, 9.17) is 9.47 Å². The first kappa shape index (κ1) is 19.8. The van der Waals surface area contributed by atoms with Crippen LogP contribution in [-0.4, -0.2) is 65.9 Å². The lowest BCUT2D eigenvalue weighted by Gasteiger charge is -2.37. The van der Waals surface area contributed by atoms with Gasteiger partial charge in [0.25, 0.3) is 5.91 Å². The predicted octanol–water partition coefficient (Wildman–Crippen LogP) is 0.967. The SMILES string of the molecule is CC1(C)[C@H]2CC[C@@]13CS(=O)(=O)N(C(=O)[C@H](O)[C@@H]1CC[C@H]([C@H]4CCC(=O)O4)O1)[C@@H]3C2. The second-order valence-electron chi connectivity index (χ2n) is 10.1. The number of hydrogen-bond acceptors (Lipinski definition) is 7. The fraction of sp³-hybridized carbons (Fsp3) is 0.900. The lowest BCUT2D eigenvalue weighted by molar-refractivity contribution is -0.154. The summed E-state index contributed by atoms with van der Waals surface area (Å²) >= 11 is 0. The van der Waals surface area contributed by atoms with Crippen molar-refractivity contribution in [2.45, 2.75) is 89.3 Å². The molecule has 2 aliphatic carbocycles. The molecular weight excluding hydrogens is 398 g/mol. The van der Waals surface area contributed by atoms with Gasteiger partial charge in [0.2, 0.25) is 10.0 Å². The van der Waals surface area contributed by atoms with Crippen LogP contribution >= 0.6 is 0 Å². The van der Waals surface area contributed by atoms with Gasteiger partial charge in [0.15, 0.2) is 6.10 Å². The Labute approximate surface area is 171 Å². The molecule has 7 atom stereocenters. The number of fused-ring (bicyclic) bond motifs is 1. The highest BCUT2D eigenvalue weighted by molar-refractivity contribution is 7.90. The molecule has 3 heterocycles. The van der Waals surface area contributed by atoms with Gasteiger partial charge >= 0.3 is 5.97 Å². The third kappa shape index (κ3) is 2.59. The van der Waals surface area contributed by atoms with Gasteiger partial charge in [-0.25, -0.2) is 12.7 Å². The molecule has 8 nitrogen and oxygen atoms in total. The van der Waals surface area contributed by atoms with Gasteiger partial charge in [-0.1, -0.05) is 13.8 Å². The normalized spacial score (nSPS) is 45.4.